The first-order valence-electron chi connectivity index (χ1n) is 8.25. The van der Waals surface area contributed by atoms with Crippen LogP contribution in [0.5, 0.6) is 0 Å². The molecular weight excluding hydrogens is 295 g/mol. The number of hydrogen-bond acceptors (Lipinski definition) is 3. The van der Waals surface area contributed by atoms with Crippen LogP contribution in [-0.2, 0) is 4.74 Å². The van der Waals surface area contributed by atoms with Crippen molar-refractivity contribution in [2.45, 2.75) is 25.4 Å². The molecule has 2 aliphatic heterocycles. The zero-order valence-electron chi connectivity index (χ0n) is 13.7. The number of nitrogens with zero attached hydrogens (tertiary/aromatic N) is 3. The Bertz CT molecular complexity index is 546. The molecule has 6 heteroatoms. The van der Waals surface area contributed by atoms with Crippen molar-refractivity contribution in [3.63, 3.8) is 0 Å². The fraction of sp³-hybridized carbons (Fsp3) is 0.588. The maximum absolute atomic E-state index is 13.0. The Morgan fingerprint density at radius 3 is 2.57 bits per heavy atom. The lowest BCUT2D eigenvalue weighted by Gasteiger charge is -2.36. The summed E-state index contributed by atoms with van der Waals surface area (Å²) < 4.78 is 18.7. The lowest BCUT2D eigenvalue weighted by molar-refractivity contribution is 0.0282. The minimum absolute atomic E-state index is 0.152. The summed E-state index contributed by atoms with van der Waals surface area (Å²) >= 11 is 0. The summed E-state index contributed by atoms with van der Waals surface area (Å²) in [5.74, 6) is 0.395. The van der Waals surface area contributed by atoms with Crippen LogP contribution in [-0.4, -0.2) is 55.8 Å². The molecule has 0 bridgehead atoms. The van der Waals surface area contributed by atoms with Crippen molar-refractivity contribution in [3.8, 4) is 0 Å². The summed E-state index contributed by atoms with van der Waals surface area (Å²) in [4.78, 5) is 8.89. The highest BCUT2D eigenvalue weighted by Crippen LogP contribution is 2.25. The predicted molar refractivity (Wildman–Crippen MR) is 90.3 cm³/mol. The van der Waals surface area contributed by atoms with E-state index in [1.165, 1.54) is 12.1 Å². The number of ether oxygens (including phenoxy) is 1. The highest BCUT2D eigenvalue weighted by Gasteiger charge is 2.29. The molecule has 1 unspecified atom stereocenters. The molecule has 1 aromatic carbocycles. The topological polar surface area (TPSA) is 54.1 Å². The third kappa shape index (κ3) is 3.93. The maximum atomic E-state index is 13.0. The molecule has 1 atom stereocenters. The van der Waals surface area contributed by atoms with Crippen molar-refractivity contribution < 1.29 is 9.13 Å². The van der Waals surface area contributed by atoms with Gasteiger partial charge in [0, 0.05) is 38.5 Å². The molecule has 0 saturated carbocycles. The molecule has 0 radical (unpaired) electrons. The van der Waals surface area contributed by atoms with Crippen molar-refractivity contribution in [1.29, 1.82) is 0 Å². The van der Waals surface area contributed by atoms with Crippen LogP contribution in [0.15, 0.2) is 29.3 Å². The monoisotopic (exact) mass is 320 g/mol. The first-order valence-corrected chi connectivity index (χ1v) is 8.25. The Balaban J connectivity index is 1.52. The van der Waals surface area contributed by atoms with Crippen molar-refractivity contribution in [3.05, 3.63) is 30.1 Å². The molecular formula is C17H25FN4O. The van der Waals surface area contributed by atoms with Gasteiger partial charge in [-0.1, -0.05) is 0 Å². The molecule has 2 fully saturated rings. The number of halogens is 1. The van der Waals surface area contributed by atoms with Gasteiger partial charge in [-0.25, -0.2) is 4.39 Å². The summed E-state index contributed by atoms with van der Waals surface area (Å²) in [6, 6.07) is 6.64. The number of benzene rings is 1. The molecule has 0 spiro atoms. The summed E-state index contributed by atoms with van der Waals surface area (Å²) in [6.45, 7) is 6.91. The number of nitrogens with two attached hydrogens (primary N) is 1. The molecule has 3 rings (SSSR count). The Morgan fingerprint density at radius 1 is 1.26 bits per heavy atom. The van der Waals surface area contributed by atoms with Crippen LogP contribution in [0.3, 0.4) is 0 Å². The van der Waals surface area contributed by atoms with Gasteiger partial charge in [-0.3, -0.25) is 4.99 Å². The lowest BCUT2D eigenvalue weighted by atomic mass is 10.0. The van der Waals surface area contributed by atoms with Crippen molar-refractivity contribution in [2.24, 2.45) is 10.7 Å². The average molecular weight is 320 g/mol. The van der Waals surface area contributed by atoms with E-state index >= 15 is 0 Å². The Morgan fingerprint density at radius 2 is 1.96 bits per heavy atom. The zero-order valence-corrected chi connectivity index (χ0v) is 13.7. The van der Waals surface area contributed by atoms with Crippen LogP contribution < -0.4 is 10.6 Å². The molecule has 2 N–H and O–H groups in total. The van der Waals surface area contributed by atoms with Crippen LogP contribution in [0.25, 0.3) is 0 Å². The van der Waals surface area contributed by atoms with Gasteiger partial charge < -0.3 is 20.3 Å². The zero-order chi connectivity index (χ0) is 16.3. The van der Waals surface area contributed by atoms with Crippen LogP contribution >= 0.6 is 0 Å². The van der Waals surface area contributed by atoms with Crippen molar-refractivity contribution in [1.82, 2.24) is 4.90 Å². The minimum atomic E-state index is -0.202. The van der Waals surface area contributed by atoms with Crippen molar-refractivity contribution >= 4 is 11.6 Å². The SMILES string of the molecule is CC1(CN=C(N)N2CCN(c3ccc(F)cc3)CC2)CCCO1. The van der Waals surface area contributed by atoms with Crippen LogP contribution in [0.1, 0.15) is 19.8 Å². The normalized spacial score (nSPS) is 25.9. The van der Waals surface area contributed by atoms with E-state index in [0.717, 1.165) is 51.3 Å². The van der Waals surface area contributed by atoms with E-state index in [4.69, 9.17) is 10.5 Å². The highest BCUT2D eigenvalue weighted by atomic mass is 19.1. The predicted octanol–water partition coefficient (Wildman–Crippen LogP) is 1.83. The van der Waals surface area contributed by atoms with Gasteiger partial charge in [-0.05, 0) is 44.0 Å². The molecule has 2 saturated heterocycles. The number of hydrogen-bond donors (Lipinski definition) is 1. The van der Waals surface area contributed by atoms with Gasteiger partial charge in [0.15, 0.2) is 5.96 Å². The van der Waals surface area contributed by atoms with Gasteiger partial charge in [0.05, 0.1) is 12.1 Å². The fourth-order valence-corrected chi connectivity index (χ4v) is 3.16. The van der Waals surface area contributed by atoms with E-state index in [1.807, 2.05) is 12.1 Å². The number of guanidine groups is 1. The summed E-state index contributed by atoms with van der Waals surface area (Å²) in [5, 5.41) is 0. The molecule has 5 nitrogen and oxygen atoms in total. The molecule has 1 aromatic rings. The standard InChI is InChI=1S/C17H25FN4O/c1-17(7-2-12-23-17)13-20-16(19)22-10-8-21(9-11-22)15-5-3-14(18)4-6-15/h3-6H,2,7-13H2,1H3,(H2,19,20). The second kappa shape index (κ2) is 6.74. The highest BCUT2D eigenvalue weighted by molar-refractivity contribution is 5.78. The van der Waals surface area contributed by atoms with E-state index < -0.39 is 0 Å². The molecule has 23 heavy (non-hydrogen) atoms. The number of aliphatic imine (C=N–C) groups is 1. The maximum Gasteiger partial charge on any atom is 0.191 e. The number of piperazine rings is 1. The van der Waals surface area contributed by atoms with E-state index in [0.29, 0.717) is 12.5 Å². The number of rotatable bonds is 3. The third-order valence-corrected chi connectivity index (χ3v) is 4.67. The molecule has 0 amide bonds. The molecule has 2 aliphatic rings. The third-order valence-electron chi connectivity index (χ3n) is 4.67. The van der Waals surface area contributed by atoms with Gasteiger partial charge in [-0.2, -0.15) is 0 Å². The van der Waals surface area contributed by atoms with E-state index in [1.54, 1.807) is 0 Å². The van der Waals surface area contributed by atoms with Gasteiger partial charge in [0.25, 0.3) is 0 Å². The summed E-state index contributed by atoms with van der Waals surface area (Å²) in [6.07, 6.45) is 2.14. The first-order chi connectivity index (χ1) is 11.1. The molecule has 2 heterocycles. The van der Waals surface area contributed by atoms with Gasteiger partial charge in [0.2, 0.25) is 0 Å². The van der Waals surface area contributed by atoms with E-state index in [2.05, 4.69) is 21.7 Å². The van der Waals surface area contributed by atoms with Crippen LogP contribution in [0, 0.1) is 5.82 Å². The Labute approximate surface area is 136 Å². The molecule has 0 aromatic heterocycles. The summed E-state index contributed by atoms with van der Waals surface area (Å²) in [7, 11) is 0. The fourth-order valence-electron chi connectivity index (χ4n) is 3.16. The smallest absolute Gasteiger partial charge is 0.191 e. The lowest BCUT2D eigenvalue weighted by Crippen LogP contribution is -2.51. The summed E-state index contributed by atoms with van der Waals surface area (Å²) in [5.41, 5.74) is 7.04. The molecule has 0 aliphatic carbocycles. The average Bonchev–Trinajstić information content (AvgIpc) is 3.01. The Kier molecular flexibility index (Phi) is 4.71. The quantitative estimate of drug-likeness (QED) is 0.682. The second-order valence-corrected chi connectivity index (χ2v) is 6.53. The van der Waals surface area contributed by atoms with E-state index in [9.17, 15) is 4.39 Å². The van der Waals surface area contributed by atoms with Crippen molar-refractivity contribution in [2.75, 3.05) is 44.2 Å². The number of anilines is 1. The van der Waals surface area contributed by atoms with Gasteiger partial charge >= 0.3 is 0 Å². The van der Waals surface area contributed by atoms with E-state index in [-0.39, 0.29) is 11.4 Å². The minimum Gasteiger partial charge on any atom is -0.373 e. The van der Waals surface area contributed by atoms with Gasteiger partial charge in [-0.15, -0.1) is 0 Å². The Hall–Kier alpha value is -1.82. The van der Waals surface area contributed by atoms with Crippen LogP contribution in [0.2, 0.25) is 0 Å². The van der Waals surface area contributed by atoms with Gasteiger partial charge in [0.1, 0.15) is 5.82 Å². The molecule has 126 valence electrons. The largest absolute Gasteiger partial charge is 0.373 e. The first kappa shape index (κ1) is 16.1. The second-order valence-electron chi connectivity index (χ2n) is 6.53. The van der Waals surface area contributed by atoms with Crippen LogP contribution in [0.4, 0.5) is 10.1 Å².